The number of hydrogen-bond acceptors (Lipinski definition) is 1. The van der Waals surface area contributed by atoms with Crippen molar-refractivity contribution in [2.75, 3.05) is 6.54 Å². The van der Waals surface area contributed by atoms with E-state index in [-0.39, 0.29) is 0 Å². The van der Waals surface area contributed by atoms with Crippen LogP contribution in [-0.2, 0) is 4.57 Å². The summed E-state index contributed by atoms with van der Waals surface area (Å²) in [5, 5.41) is 2.26. The predicted octanol–water partition coefficient (Wildman–Crippen LogP) is 11.0. The number of rotatable bonds is 31. The van der Waals surface area contributed by atoms with Gasteiger partial charge in [-0.3, -0.25) is 0 Å². The molecule has 0 aliphatic carbocycles. The van der Waals surface area contributed by atoms with E-state index in [1.54, 1.807) is 0 Å². The average molecular weight is 532 g/mol. The summed E-state index contributed by atoms with van der Waals surface area (Å²) >= 11 is 0. The molecule has 5 heteroatoms. The third kappa shape index (κ3) is 34.1. The largest absolute Gasteiger partial charge is 0.400 e. The first-order chi connectivity index (χ1) is 17.6. The number of hydrogen-bond donors (Lipinski definition) is 3. The summed E-state index contributed by atoms with van der Waals surface area (Å²) in [6.45, 7) is 2.72. The van der Waals surface area contributed by atoms with Gasteiger partial charge in [-0.05, 0) is 6.42 Å². The fourth-order valence-corrected chi connectivity index (χ4v) is 5.65. The molecule has 4 nitrogen and oxygen atoms in total. The Hall–Kier alpha value is 0.110. The second-order valence-electron chi connectivity index (χ2n) is 11.4. The van der Waals surface area contributed by atoms with Gasteiger partial charge in [0.1, 0.15) is 0 Å². The monoisotopic (exact) mass is 531 g/mol. The van der Waals surface area contributed by atoms with Crippen molar-refractivity contribution in [2.24, 2.45) is 0 Å². The topological polar surface area (TPSA) is 69.6 Å². The Bertz CT molecular complexity index is 455. The third-order valence-electron chi connectivity index (χ3n) is 7.60. The van der Waals surface area contributed by atoms with Gasteiger partial charge in [-0.1, -0.05) is 187 Å². The molecule has 0 rings (SSSR count). The maximum atomic E-state index is 10.7. The minimum atomic E-state index is -4.02. The molecule has 0 heterocycles. The first-order valence-corrected chi connectivity index (χ1v) is 18.0. The standard InChI is InChI=1S/C31H66NO3P/c1-2-3-4-5-6-7-8-9-10-11-12-13-14-15-16-17-18-19-20-21-22-23-24-25-26-27-28-29-30-31-32-36(33,34)35/h2-31H2,1H3,(H3,32,33,34,35). The molecule has 0 unspecified atom stereocenters. The molecule has 0 amide bonds. The maximum Gasteiger partial charge on any atom is 0.400 e. The Labute approximate surface area is 226 Å². The highest BCUT2D eigenvalue weighted by Crippen LogP contribution is 2.27. The lowest BCUT2D eigenvalue weighted by Gasteiger charge is -2.06. The van der Waals surface area contributed by atoms with Crippen molar-refractivity contribution in [2.45, 2.75) is 193 Å². The molecule has 0 bridgehead atoms. The summed E-state index contributed by atoms with van der Waals surface area (Å²) in [6.07, 6.45) is 40.2. The highest BCUT2D eigenvalue weighted by atomic mass is 31.2. The van der Waals surface area contributed by atoms with E-state index < -0.39 is 7.75 Å². The molecule has 0 spiro atoms. The van der Waals surface area contributed by atoms with Crippen molar-refractivity contribution in [3.05, 3.63) is 0 Å². The van der Waals surface area contributed by atoms with Crippen LogP contribution >= 0.6 is 7.75 Å². The van der Waals surface area contributed by atoms with Crippen molar-refractivity contribution < 1.29 is 14.4 Å². The molecular weight excluding hydrogens is 465 g/mol. The Morgan fingerprint density at radius 2 is 0.583 bits per heavy atom. The van der Waals surface area contributed by atoms with Crippen LogP contribution in [0.15, 0.2) is 0 Å². The van der Waals surface area contributed by atoms with Gasteiger partial charge in [0.15, 0.2) is 0 Å². The smallest absolute Gasteiger partial charge is 0.313 e. The highest BCUT2D eigenvalue weighted by molar-refractivity contribution is 7.49. The lowest BCUT2D eigenvalue weighted by molar-refractivity contribution is 0.356. The summed E-state index contributed by atoms with van der Waals surface area (Å²) < 4.78 is 10.7. The summed E-state index contributed by atoms with van der Waals surface area (Å²) in [5.74, 6) is 0. The van der Waals surface area contributed by atoms with Gasteiger partial charge in [0.05, 0.1) is 0 Å². The highest BCUT2D eigenvalue weighted by Gasteiger charge is 2.09. The van der Waals surface area contributed by atoms with Gasteiger partial charge >= 0.3 is 7.75 Å². The number of nitrogens with one attached hydrogen (secondary N) is 1. The second kappa shape index (κ2) is 29.7. The fraction of sp³-hybridized carbons (Fsp3) is 1.00. The summed E-state index contributed by atoms with van der Waals surface area (Å²) in [5.41, 5.74) is 0. The zero-order chi connectivity index (χ0) is 26.4. The van der Waals surface area contributed by atoms with E-state index in [4.69, 9.17) is 9.79 Å². The minimum Gasteiger partial charge on any atom is -0.313 e. The molecule has 0 saturated carbocycles. The molecule has 0 saturated heterocycles. The summed E-state index contributed by atoms with van der Waals surface area (Å²) in [6, 6.07) is 0. The van der Waals surface area contributed by atoms with Crippen LogP contribution in [-0.4, -0.2) is 16.3 Å². The third-order valence-corrected chi connectivity index (χ3v) is 8.23. The van der Waals surface area contributed by atoms with E-state index >= 15 is 0 Å². The van der Waals surface area contributed by atoms with E-state index in [9.17, 15) is 4.57 Å². The van der Waals surface area contributed by atoms with Gasteiger partial charge < -0.3 is 9.79 Å². The Balaban J connectivity index is 3.04. The molecule has 3 N–H and O–H groups in total. The SMILES string of the molecule is CCCCCCCCCCCCCCCCCCCCCCCCCCCCCCCNP(=O)(O)O. The van der Waals surface area contributed by atoms with Crippen molar-refractivity contribution in [1.29, 1.82) is 0 Å². The first-order valence-electron chi connectivity index (χ1n) is 16.4. The van der Waals surface area contributed by atoms with Gasteiger partial charge in [0.2, 0.25) is 0 Å². The molecule has 36 heavy (non-hydrogen) atoms. The van der Waals surface area contributed by atoms with E-state index in [1.165, 1.54) is 173 Å². The van der Waals surface area contributed by atoms with Crippen LogP contribution in [0.4, 0.5) is 0 Å². The fourth-order valence-electron chi connectivity index (χ4n) is 5.20. The van der Waals surface area contributed by atoms with Gasteiger partial charge in [-0.2, -0.15) is 0 Å². The van der Waals surface area contributed by atoms with Crippen LogP contribution in [0.25, 0.3) is 0 Å². The summed E-state index contributed by atoms with van der Waals surface area (Å²) in [4.78, 5) is 17.4. The Morgan fingerprint density at radius 1 is 0.389 bits per heavy atom. The van der Waals surface area contributed by atoms with Gasteiger partial charge in [0, 0.05) is 6.54 Å². The van der Waals surface area contributed by atoms with Gasteiger partial charge in [-0.25, -0.2) is 9.65 Å². The van der Waals surface area contributed by atoms with E-state index in [1.807, 2.05) is 0 Å². The van der Waals surface area contributed by atoms with Crippen LogP contribution in [0.3, 0.4) is 0 Å². The van der Waals surface area contributed by atoms with Gasteiger partial charge in [-0.15, -0.1) is 0 Å². The molecule has 0 aromatic carbocycles. The molecule has 0 aromatic rings. The van der Waals surface area contributed by atoms with Crippen LogP contribution in [0.5, 0.6) is 0 Å². The molecule has 218 valence electrons. The zero-order valence-electron chi connectivity index (χ0n) is 24.5. The molecule has 0 fully saturated rings. The molecule has 0 aliphatic rings. The van der Waals surface area contributed by atoms with E-state index in [0.717, 1.165) is 12.8 Å². The van der Waals surface area contributed by atoms with Crippen molar-refractivity contribution in [3.63, 3.8) is 0 Å². The normalized spacial score (nSPS) is 12.0. The van der Waals surface area contributed by atoms with Gasteiger partial charge in [0.25, 0.3) is 0 Å². The Morgan fingerprint density at radius 3 is 0.778 bits per heavy atom. The molecule has 0 atom stereocenters. The quantitative estimate of drug-likeness (QED) is 0.0614. The summed E-state index contributed by atoms with van der Waals surface area (Å²) in [7, 11) is -4.02. The van der Waals surface area contributed by atoms with Crippen molar-refractivity contribution >= 4 is 7.75 Å². The second-order valence-corrected chi connectivity index (χ2v) is 12.8. The van der Waals surface area contributed by atoms with Crippen LogP contribution in [0, 0.1) is 0 Å². The van der Waals surface area contributed by atoms with E-state index in [2.05, 4.69) is 12.0 Å². The van der Waals surface area contributed by atoms with Crippen LogP contribution in [0.2, 0.25) is 0 Å². The van der Waals surface area contributed by atoms with Crippen LogP contribution in [0.1, 0.15) is 193 Å². The number of unbranched alkanes of at least 4 members (excludes halogenated alkanes) is 28. The van der Waals surface area contributed by atoms with Crippen molar-refractivity contribution in [1.82, 2.24) is 5.09 Å². The molecule has 0 aliphatic heterocycles. The van der Waals surface area contributed by atoms with Crippen molar-refractivity contribution in [3.8, 4) is 0 Å². The molecular formula is C31H66NO3P. The lowest BCUT2D eigenvalue weighted by atomic mass is 10.0. The van der Waals surface area contributed by atoms with Crippen LogP contribution < -0.4 is 5.09 Å². The molecule has 0 radical (unpaired) electrons. The Kier molecular flexibility index (Phi) is 29.8. The first kappa shape index (κ1) is 36.1. The zero-order valence-corrected chi connectivity index (χ0v) is 25.4. The van der Waals surface area contributed by atoms with E-state index in [0.29, 0.717) is 6.54 Å². The maximum absolute atomic E-state index is 10.7. The lowest BCUT2D eigenvalue weighted by Crippen LogP contribution is -2.10. The molecule has 0 aromatic heterocycles. The predicted molar refractivity (Wildman–Crippen MR) is 160 cm³/mol. The minimum absolute atomic E-state index is 0.420. The average Bonchev–Trinajstić information content (AvgIpc) is 2.84.